The Balaban J connectivity index is 2.00. The Morgan fingerprint density at radius 3 is 1.44 bits per heavy atom. The molecule has 0 amide bonds. The van der Waals surface area contributed by atoms with Crippen molar-refractivity contribution in [3.8, 4) is 0 Å². The van der Waals surface area contributed by atoms with Gasteiger partial charge in [-0.05, 0) is 30.7 Å². The fraction of sp³-hybridized carbons (Fsp3) is 1.00. The van der Waals surface area contributed by atoms with Crippen LogP contribution in [0.3, 0.4) is 0 Å². The molecule has 0 radical (unpaired) electrons. The zero-order chi connectivity index (χ0) is 13.0. The first kappa shape index (κ1) is 14.8. The van der Waals surface area contributed by atoms with Crippen LogP contribution in [0.2, 0.25) is 30.7 Å². The Morgan fingerprint density at radius 1 is 0.722 bits per heavy atom. The van der Waals surface area contributed by atoms with Crippen molar-refractivity contribution in [1.29, 1.82) is 0 Å². The second-order valence-corrected chi connectivity index (χ2v) is 15.5. The highest BCUT2D eigenvalue weighted by atomic mass is 28.4. The zero-order valence-corrected chi connectivity index (χ0v) is 14.9. The molecule has 0 saturated heterocycles. The summed E-state index contributed by atoms with van der Waals surface area (Å²) in [5.74, 6) is 0. The predicted molar refractivity (Wildman–Crippen MR) is 85.3 cm³/mol. The van der Waals surface area contributed by atoms with Gasteiger partial charge in [0.1, 0.15) is 0 Å². The maximum atomic E-state index is 6.79. The molecule has 2 fully saturated rings. The molecule has 0 bridgehead atoms. The molecule has 0 unspecified atom stereocenters. The van der Waals surface area contributed by atoms with E-state index in [0.717, 1.165) is 11.1 Å². The van der Waals surface area contributed by atoms with Gasteiger partial charge in [-0.25, -0.2) is 0 Å². The maximum Gasteiger partial charge on any atom is 0.170 e. The van der Waals surface area contributed by atoms with Gasteiger partial charge in [-0.1, -0.05) is 64.2 Å². The average Bonchev–Trinajstić information content (AvgIpc) is 2.37. The van der Waals surface area contributed by atoms with Crippen molar-refractivity contribution in [3.05, 3.63) is 0 Å². The molecule has 2 aliphatic rings. The minimum atomic E-state index is -1.33. The average molecular weight is 285 g/mol. The van der Waals surface area contributed by atoms with E-state index in [1.165, 1.54) is 64.2 Å². The van der Waals surface area contributed by atoms with Crippen LogP contribution in [0.5, 0.6) is 0 Å². The summed E-state index contributed by atoms with van der Waals surface area (Å²) >= 11 is 0. The van der Waals surface area contributed by atoms with E-state index >= 15 is 0 Å². The molecule has 2 saturated carbocycles. The summed E-state index contributed by atoms with van der Waals surface area (Å²) in [4.78, 5) is 0. The second-order valence-electron chi connectivity index (χ2n) is 7.49. The van der Waals surface area contributed by atoms with Gasteiger partial charge in [0, 0.05) is 0 Å². The van der Waals surface area contributed by atoms with Crippen molar-refractivity contribution < 1.29 is 4.12 Å². The van der Waals surface area contributed by atoms with Crippen LogP contribution in [-0.2, 0) is 4.12 Å². The molecule has 3 heteroatoms. The molecule has 0 aromatic heterocycles. The van der Waals surface area contributed by atoms with Crippen molar-refractivity contribution >= 4 is 17.4 Å². The third-order valence-corrected chi connectivity index (χ3v) is 11.8. The highest BCUT2D eigenvalue weighted by molar-refractivity contribution is 6.78. The molecule has 106 valence electrons. The highest BCUT2D eigenvalue weighted by Gasteiger charge is 2.36. The first-order chi connectivity index (χ1) is 8.56. The molecule has 0 aromatic rings. The van der Waals surface area contributed by atoms with Crippen LogP contribution >= 0.6 is 0 Å². The van der Waals surface area contributed by atoms with Crippen molar-refractivity contribution in [1.82, 2.24) is 0 Å². The quantitative estimate of drug-likeness (QED) is 0.642. The Morgan fingerprint density at radius 2 is 1.11 bits per heavy atom. The molecule has 18 heavy (non-hydrogen) atoms. The number of hydrogen-bond donors (Lipinski definition) is 0. The third-order valence-electron chi connectivity index (χ3n) is 4.72. The predicted octanol–water partition coefficient (Wildman–Crippen LogP) is 5.23. The fourth-order valence-electron chi connectivity index (χ4n) is 3.91. The molecule has 1 nitrogen and oxygen atoms in total. The van der Waals surface area contributed by atoms with Crippen LogP contribution < -0.4 is 0 Å². The summed E-state index contributed by atoms with van der Waals surface area (Å²) < 4.78 is 6.79. The van der Waals surface area contributed by atoms with Gasteiger partial charge in [0.05, 0.1) is 0 Å². The monoisotopic (exact) mass is 284 g/mol. The molecule has 2 rings (SSSR count). The summed E-state index contributed by atoms with van der Waals surface area (Å²) in [5.41, 5.74) is 2.04. The van der Waals surface area contributed by atoms with Crippen LogP contribution in [0.4, 0.5) is 0 Å². The first-order valence-corrected chi connectivity index (χ1v) is 13.5. The van der Waals surface area contributed by atoms with E-state index in [1.807, 2.05) is 0 Å². The summed E-state index contributed by atoms with van der Waals surface area (Å²) in [6.07, 6.45) is 14.9. The molecule has 0 N–H and O–H groups in total. The van der Waals surface area contributed by atoms with Gasteiger partial charge in [-0.15, -0.1) is 0 Å². The van der Waals surface area contributed by atoms with Gasteiger partial charge < -0.3 is 4.12 Å². The topological polar surface area (TPSA) is 9.23 Å². The van der Waals surface area contributed by atoms with E-state index in [4.69, 9.17) is 4.12 Å². The second kappa shape index (κ2) is 6.71. The number of hydrogen-bond acceptors (Lipinski definition) is 1. The molecule has 0 atom stereocenters. The van der Waals surface area contributed by atoms with E-state index in [9.17, 15) is 0 Å². The summed E-state index contributed by atoms with van der Waals surface area (Å²) in [5, 5.41) is 0. The largest absolute Gasteiger partial charge is 0.457 e. The van der Waals surface area contributed by atoms with Crippen LogP contribution in [-0.4, -0.2) is 17.4 Å². The summed E-state index contributed by atoms with van der Waals surface area (Å²) in [7, 11) is -2.29. The van der Waals surface area contributed by atoms with Crippen molar-refractivity contribution in [2.45, 2.75) is 94.9 Å². The zero-order valence-electron chi connectivity index (χ0n) is 12.7. The van der Waals surface area contributed by atoms with Gasteiger partial charge in [0.15, 0.2) is 17.4 Å². The van der Waals surface area contributed by atoms with E-state index in [1.54, 1.807) is 0 Å². The summed E-state index contributed by atoms with van der Waals surface area (Å²) in [6.45, 7) is 7.20. The number of rotatable bonds is 4. The van der Waals surface area contributed by atoms with Crippen molar-refractivity contribution in [2.24, 2.45) is 0 Å². The Kier molecular flexibility index (Phi) is 5.52. The van der Waals surface area contributed by atoms with Gasteiger partial charge in [0.25, 0.3) is 0 Å². The molecular formula is C15H32OSi2. The van der Waals surface area contributed by atoms with Gasteiger partial charge >= 0.3 is 0 Å². The van der Waals surface area contributed by atoms with Crippen LogP contribution in [0, 0.1) is 0 Å². The van der Waals surface area contributed by atoms with Gasteiger partial charge in [0.2, 0.25) is 0 Å². The molecule has 0 spiro atoms. The standard InChI is InChI=1S/C15H32OSi2/c1-18(2,3)16-17(14-10-6-4-7-11-14)15-12-8-5-9-13-15/h14-15,17H,4-13H2,1-3H3. The molecule has 0 aliphatic heterocycles. The Hall–Kier alpha value is 0.394. The lowest BCUT2D eigenvalue weighted by Crippen LogP contribution is -2.42. The minimum absolute atomic E-state index is 0.960. The first-order valence-electron chi connectivity index (χ1n) is 8.24. The summed E-state index contributed by atoms with van der Waals surface area (Å²) in [6, 6.07) is 0. The lowest BCUT2D eigenvalue weighted by molar-refractivity contribution is 0.405. The normalized spacial score (nSPS) is 24.7. The Bertz CT molecular complexity index is 219. The van der Waals surface area contributed by atoms with E-state index in [0.29, 0.717) is 0 Å². The van der Waals surface area contributed by atoms with Gasteiger partial charge in [-0.2, -0.15) is 0 Å². The highest BCUT2D eigenvalue weighted by Crippen LogP contribution is 2.42. The minimum Gasteiger partial charge on any atom is -0.457 e. The lowest BCUT2D eigenvalue weighted by Gasteiger charge is -2.39. The molecule has 2 aliphatic carbocycles. The molecule has 0 heterocycles. The lowest BCUT2D eigenvalue weighted by atomic mass is 9.99. The van der Waals surface area contributed by atoms with Gasteiger partial charge in [-0.3, -0.25) is 0 Å². The van der Waals surface area contributed by atoms with E-state index in [2.05, 4.69) is 19.6 Å². The van der Waals surface area contributed by atoms with Crippen molar-refractivity contribution in [2.75, 3.05) is 0 Å². The Labute approximate surface area is 117 Å². The molecule has 0 aromatic carbocycles. The van der Waals surface area contributed by atoms with Crippen LogP contribution in [0.15, 0.2) is 0 Å². The van der Waals surface area contributed by atoms with Crippen LogP contribution in [0.25, 0.3) is 0 Å². The van der Waals surface area contributed by atoms with E-state index < -0.39 is 17.4 Å². The maximum absolute atomic E-state index is 6.79. The van der Waals surface area contributed by atoms with E-state index in [-0.39, 0.29) is 0 Å². The van der Waals surface area contributed by atoms with Crippen LogP contribution in [0.1, 0.15) is 64.2 Å². The molecular weight excluding hydrogens is 252 g/mol. The third kappa shape index (κ3) is 4.50. The fourth-order valence-corrected chi connectivity index (χ4v) is 11.7. The smallest absolute Gasteiger partial charge is 0.170 e. The SMILES string of the molecule is C[Si](C)(C)O[SiH](C1CCCCC1)C1CCCCC1. The van der Waals surface area contributed by atoms with Crippen molar-refractivity contribution in [3.63, 3.8) is 0 Å².